The number of aliphatic imine (C=N–C) groups is 1. The summed E-state index contributed by atoms with van der Waals surface area (Å²) < 4.78 is 0. The van der Waals surface area contributed by atoms with Gasteiger partial charge in [-0.2, -0.15) is 0 Å². The van der Waals surface area contributed by atoms with Gasteiger partial charge in [0, 0.05) is 43.8 Å². The van der Waals surface area contributed by atoms with E-state index in [-0.39, 0.29) is 11.9 Å². The number of aryl methyl sites for hydroxylation is 2. The van der Waals surface area contributed by atoms with Gasteiger partial charge in [-0.3, -0.25) is 10.1 Å². The Kier molecular flexibility index (Phi) is 6.36. The number of likely N-dealkylation sites (N-methyl/N-ethyl adjacent to an activating group) is 1. The van der Waals surface area contributed by atoms with Crippen molar-refractivity contribution < 1.29 is 9.59 Å². The molecule has 1 N–H and O–H groups in total. The summed E-state index contributed by atoms with van der Waals surface area (Å²) in [6.45, 7) is 8.76. The largest absolute Gasteiger partial charge is 0.342 e. The number of rotatable bonds is 5. The van der Waals surface area contributed by atoms with Gasteiger partial charge in [-0.25, -0.2) is 19.8 Å². The molecule has 168 valence electrons. The summed E-state index contributed by atoms with van der Waals surface area (Å²) in [6, 6.07) is 1.11. The highest BCUT2D eigenvalue weighted by atomic mass is 32.2. The maximum Gasteiger partial charge on any atom is 0.325 e. The number of thioether (sulfide) groups is 1. The van der Waals surface area contributed by atoms with Crippen molar-refractivity contribution in [2.24, 2.45) is 10.9 Å². The fourth-order valence-corrected chi connectivity index (χ4v) is 5.41. The fraction of sp³-hybridized carbons (Fsp3) is 0.667. The molecule has 4 rings (SSSR count). The molecule has 2 saturated heterocycles. The lowest BCUT2D eigenvalue weighted by molar-refractivity contribution is -0.127. The lowest BCUT2D eigenvalue weighted by Gasteiger charge is -2.39. The Labute approximate surface area is 187 Å². The maximum atomic E-state index is 12.7. The number of fused-ring (bicyclic) bond motifs is 1. The van der Waals surface area contributed by atoms with Crippen molar-refractivity contribution in [2.75, 3.05) is 32.4 Å². The first-order chi connectivity index (χ1) is 14.8. The van der Waals surface area contributed by atoms with Crippen LogP contribution in [-0.4, -0.2) is 87.2 Å². The zero-order chi connectivity index (χ0) is 22.1. The van der Waals surface area contributed by atoms with Crippen LogP contribution in [0.15, 0.2) is 16.2 Å². The number of amides is 3. The molecule has 4 heterocycles. The van der Waals surface area contributed by atoms with Gasteiger partial charge in [0.1, 0.15) is 0 Å². The van der Waals surface area contributed by atoms with Crippen molar-refractivity contribution >= 4 is 29.7 Å². The Bertz CT molecular complexity index is 872. The second-order valence-corrected chi connectivity index (χ2v) is 9.78. The average Bonchev–Trinajstić information content (AvgIpc) is 3.09. The van der Waals surface area contributed by atoms with Crippen LogP contribution in [0.2, 0.25) is 0 Å². The zero-order valence-corrected chi connectivity index (χ0v) is 19.5. The Morgan fingerprint density at radius 2 is 1.97 bits per heavy atom. The van der Waals surface area contributed by atoms with Crippen LogP contribution in [0.5, 0.6) is 0 Å². The van der Waals surface area contributed by atoms with Gasteiger partial charge in [0.2, 0.25) is 0 Å². The molecular weight excluding hydrogens is 414 g/mol. The summed E-state index contributed by atoms with van der Waals surface area (Å²) in [5, 5.41) is 3.27. The molecule has 1 aromatic heterocycles. The highest BCUT2D eigenvalue weighted by Crippen LogP contribution is 2.28. The SMILES string of the molecule is Cc1cc(C)nc(SCCCN2C(N3CCCC(C)C3)=NC3C2C(=O)NC(=O)N3C)n1. The molecule has 3 unspecified atom stereocenters. The van der Waals surface area contributed by atoms with Crippen molar-refractivity contribution in [3.8, 4) is 0 Å². The average molecular weight is 446 g/mol. The molecule has 3 aliphatic rings. The zero-order valence-electron chi connectivity index (χ0n) is 18.7. The van der Waals surface area contributed by atoms with Gasteiger partial charge in [-0.15, -0.1) is 0 Å². The highest BCUT2D eigenvalue weighted by molar-refractivity contribution is 7.99. The van der Waals surface area contributed by atoms with Crippen LogP contribution in [0.25, 0.3) is 0 Å². The number of carbonyl (C=O) groups is 2. The van der Waals surface area contributed by atoms with Crippen molar-refractivity contribution in [1.29, 1.82) is 0 Å². The van der Waals surface area contributed by atoms with E-state index in [1.165, 1.54) is 11.3 Å². The smallest absolute Gasteiger partial charge is 0.325 e. The molecule has 0 bridgehead atoms. The molecule has 3 aliphatic heterocycles. The number of nitrogens with zero attached hydrogens (tertiary/aromatic N) is 6. The van der Waals surface area contributed by atoms with Gasteiger partial charge >= 0.3 is 6.03 Å². The third-order valence-corrected chi connectivity index (χ3v) is 6.95. The maximum absolute atomic E-state index is 12.7. The van der Waals surface area contributed by atoms with Gasteiger partial charge in [0.15, 0.2) is 23.3 Å². The predicted octanol–water partition coefficient (Wildman–Crippen LogP) is 1.86. The topological polar surface area (TPSA) is 94.0 Å². The summed E-state index contributed by atoms with van der Waals surface area (Å²) in [4.78, 5) is 44.7. The van der Waals surface area contributed by atoms with Gasteiger partial charge in [-0.1, -0.05) is 18.7 Å². The molecule has 0 saturated carbocycles. The number of aromatic nitrogens is 2. The summed E-state index contributed by atoms with van der Waals surface area (Å²) in [7, 11) is 1.70. The van der Waals surface area contributed by atoms with E-state index < -0.39 is 12.2 Å². The van der Waals surface area contributed by atoms with E-state index in [0.29, 0.717) is 12.5 Å². The van der Waals surface area contributed by atoms with Gasteiger partial charge in [0.25, 0.3) is 5.91 Å². The Morgan fingerprint density at radius 3 is 2.68 bits per heavy atom. The summed E-state index contributed by atoms with van der Waals surface area (Å²) >= 11 is 1.63. The van der Waals surface area contributed by atoms with Crippen molar-refractivity contribution in [3.05, 3.63) is 17.5 Å². The second kappa shape index (κ2) is 9.02. The third kappa shape index (κ3) is 4.63. The molecule has 9 nitrogen and oxygen atoms in total. The molecule has 3 amide bonds. The van der Waals surface area contributed by atoms with Crippen LogP contribution < -0.4 is 5.32 Å². The van der Waals surface area contributed by atoms with E-state index in [9.17, 15) is 9.59 Å². The van der Waals surface area contributed by atoms with Crippen LogP contribution in [0.1, 0.15) is 37.6 Å². The Hall–Kier alpha value is -2.36. The summed E-state index contributed by atoms with van der Waals surface area (Å²) in [6.07, 6.45) is 2.72. The number of hydrogen-bond acceptors (Lipinski definition) is 8. The van der Waals surface area contributed by atoms with Gasteiger partial charge in [0.05, 0.1) is 0 Å². The van der Waals surface area contributed by atoms with Gasteiger partial charge < -0.3 is 14.7 Å². The van der Waals surface area contributed by atoms with Crippen LogP contribution in [0, 0.1) is 19.8 Å². The van der Waals surface area contributed by atoms with E-state index in [0.717, 1.165) is 54.2 Å². The number of guanidine groups is 1. The molecule has 31 heavy (non-hydrogen) atoms. The van der Waals surface area contributed by atoms with E-state index in [2.05, 4.69) is 32.0 Å². The number of urea groups is 1. The van der Waals surface area contributed by atoms with Gasteiger partial charge in [-0.05, 0) is 45.1 Å². The summed E-state index contributed by atoms with van der Waals surface area (Å²) in [5.74, 6) is 2.02. The monoisotopic (exact) mass is 445 g/mol. The number of piperidine rings is 1. The lowest BCUT2D eigenvalue weighted by Crippen LogP contribution is -2.64. The van der Waals surface area contributed by atoms with Crippen LogP contribution >= 0.6 is 11.8 Å². The fourth-order valence-electron chi connectivity index (χ4n) is 4.54. The predicted molar refractivity (Wildman–Crippen MR) is 120 cm³/mol. The molecule has 2 fully saturated rings. The third-order valence-electron chi connectivity index (χ3n) is 6.01. The Morgan fingerprint density at radius 1 is 1.23 bits per heavy atom. The molecule has 0 radical (unpaired) electrons. The van der Waals surface area contributed by atoms with Crippen molar-refractivity contribution in [2.45, 2.75) is 57.4 Å². The van der Waals surface area contributed by atoms with Crippen LogP contribution in [-0.2, 0) is 4.79 Å². The first kappa shape index (κ1) is 21.9. The molecule has 0 spiro atoms. The minimum atomic E-state index is -0.475. The second-order valence-electron chi connectivity index (χ2n) is 8.71. The van der Waals surface area contributed by atoms with E-state index in [1.807, 2.05) is 19.9 Å². The highest BCUT2D eigenvalue weighted by Gasteiger charge is 2.49. The normalized spacial score (nSPS) is 26.1. The van der Waals surface area contributed by atoms with Crippen LogP contribution in [0.4, 0.5) is 4.79 Å². The standard InChI is InChI=1S/C21H31N7O2S/c1-13-7-5-8-27(12-13)20-24-17-16(18(29)25-21(30)26(17)4)28(20)9-6-10-31-19-22-14(2)11-15(3)23-19/h11,13,16-17H,5-10,12H2,1-4H3,(H,25,29,30). The number of carbonyl (C=O) groups excluding carboxylic acids is 2. The molecule has 10 heteroatoms. The quantitative estimate of drug-likeness (QED) is 0.420. The Balaban J connectivity index is 1.46. The minimum Gasteiger partial charge on any atom is -0.342 e. The minimum absolute atomic E-state index is 0.262. The van der Waals surface area contributed by atoms with E-state index >= 15 is 0 Å². The number of hydrogen-bond donors (Lipinski definition) is 1. The molecule has 3 atom stereocenters. The van der Waals surface area contributed by atoms with E-state index in [1.54, 1.807) is 18.8 Å². The van der Waals surface area contributed by atoms with Crippen LogP contribution in [0.3, 0.4) is 0 Å². The molecule has 0 aliphatic carbocycles. The van der Waals surface area contributed by atoms with E-state index in [4.69, 9.17) is 4.99 Å². The number of imide groups is 1. The first-order valence-corrected chi connectivity index (χ1v) is 11.9. The first-order valence-electron chi connectivity index (χ1n) is 11.0. The molecule has 1 aromatic rings. The number of likely N-dealkylation sites (tertiary alicyclic amines) is 1. The number of nitrogens with one attached hydrogen (secondary N) is 1. The van der Waals surface area contributed by atoms with Crippen molar-refractivity contribution in [3.63, 3.8) is 0 Å². The molecule has 0 aromatic carbocycles. The molecular formula is C21H31N7O2S. The van der Waals surface area contributed by atoms with Crippen molar-refractivity contribution in [1.82, 2.24) is 30.0 Å². The summed E-state index contributed by atoms with van der Waals surface area (Å²) in [5.41, 5.74) is 1.94. The lowest BCUT2D eigenvalue weighted by atomic mass is 10.0.